The van der Waals surface area contributed by atoms with Crippen LogP contribution in [0.4, 0.5) is 0 Å². The number of esters is 1. The lowest BCUT2D eigenvalue weighted by atomic mass is 10.0. The van der Waals surface area contributed by atoms with Crippen LogP contribution in [-0.2, 0) is 9.47 Å². The maximum absolute atomic E-state index is 13.0. The van der Waals surface area contributed by atoms with E-state index in [0.717, 1.165) is 29.7 Å². The van der Waals surface area contributed by atoms with Gasteiger partial charge >= 0.3 is 11.7 Å². The monoisotopic (exact) mass is 641 g/mol. The maximum atomic E-state index is 13.0. The zero-order valence-corrected chi connectivity index (χ0v) is 28.9. The number of ether oxygens (including phenoxy) is 3. The van der Waals surface area contributed by atoms with Crippen molar-refractivity contribution >= 4 is 5.97 Å². The van der Waals surface area contributed by atoms with Crippen LogP contribution in [0.15, 0.2) is 27.9 Å². The van der Waals surface area contributed by atoms with Crippen LogP contribution in [0.5, 0.6) is 5.75 Å². The number of benzene rings is 1. The molecule has 0 spiro atoms. The maximum Gasteiger partial charge on any atom is 0.338 e. The molecule has 0 unspecified atom stereocenters. The van der Waals surface area contributed by atoms with E-state index < -0.39 is 29.6 Å². The first kappa shape index (κ1) is 37.5. The molecule has 2 N–H and O–H groups in total. The number of hydrogen-bond donors (Lipinski definition) is 2. The molecule has 1 aliphatic heterocycles. The first-order chi connectivity index (χ1) is 22.3. The molecule has 1 saturated heterocycles. The Morgan fingerprint density at radius 1 is 0.826 bits per heavy atom. The van der Waals surface area contributed by atoms with E-state index in [2.05, 4.69) is 17.2 Å². The molecule has 0 aliphatic carbocycles. The van der Waals surface area contributed by atoms with E-state index in [1.807, 2.05) is 19.9 Å². The van der Waals surface area contributed by atoms with Crippen molar-refractivity contribution < 1.29 is 19.0 Å². The van der Waals surface area contributed by atoms with Crippen LogP contribution in [0.1, 0.15) is 143 Å². The topological polar surface area (TPSA) is 112 Å². The summed E-state index contributed by atoms with van der Waals surface area (Å²) >= 11 is 0. The van der Waals surface area contributed by atoms with Gasteiger partial charge in [0.15, 0.2) is 6.23 Å². The van der Waals surface area contributed by atoms with Gasteiger partial charge in [0, 0.05) is 24.8 Å². The van der Waals surface area contributed by atoms with Crippen molar-refractivity contribution in [2.24, 2.45) is 0 Å². The quantitative estimate of drug-likeness (QED) is 0.101. The average Bonchev–Trinajstić information content (AvgIpc) is 3.05. The first-order valence-corrected chi connectivity index (χ1v) is 17.9. The standard InChI is InChI=1S/C37H59N3O6/c1-5-6-7-8-9-10-11-12-13-14-15-16-17-18-19-20-21-44-33-23-31(22-28(2)30(33)4)36(42)45-27-32-24-38-25-34(46-32)40-26-29(3)35(41)39-37(40)43/h22-23,26,32,34,38H,5-21,24-25,27H2,1-4H3,(H,39,41,43)/t32-,34+/m0/s1. The molecular weight excluding hydrogens is 582 g/mol. The molecule has 0 amide bonds. The number of carbonyl (C=O) groups is 1. The summed E-state index contributed by atoms with van der Waals surface area (Å²) in [6.07, 6.45) is 21.7. The Hall–Kier alpha value is -2.91. The molecule has 9 nitrogen and oxygen atoms in total. The van der Waals surface area contributed by atoms with E-state index in [4.69, 9.17) is 14.2 Å². The summed E-state index contributed by atoms with van der Waals surface area (Å²) in [7, 11) is 0. The Balaban J connectivity index is 1.30. The number of aromatic amines is 1. The van der Waals surface area contributed by atoms with Gasteiger partial charge in [-0.1, -0.05) is 103 Å². The smallest absolute Gasteiger partial charge is 0.338 e. The molecule has 2 atom stereocenters. The van der Waals surface area contributed by atoms with Gasteiger partial charge in [-0.3, -0.25) is 14.3 Å². The predicted molar refractivity (Wildman–Crippen MR) is 184 cm³/mol. The molecule has 1 fully saturated rings. The number of H-pyrrole nitrogens is 1. The normalized spacial score (nSPS) is 16.4. The first-order valence-electron chi connectivity index (χ1n) is 17.9. The summed E-state index contributed by atoms with van der Waals surface area (Å²) in [5.41, 5.74) is 1.90. The SMILES string of the molecule is CCCCCCCCCCCCCCCCCCOc1cc(C(=O)OC[C@@H]2CNC[C@H](n3cc(C)c(=O)[nH]c3=O)O2)cc(C)c1C. The van der Waals surface area contributed by atoms with Gasteiger partial charge < -0.3 is 19.5 Å². The van der Waals surface area contributed by atoms with Crippen molar-refractivity contribution in [3.8, 4) is 5.75 Å². The Labute approximate surface area is 275 Å². The van der Waals surface area contributed by atoms with E-state index in [0.29, 0.717) is 30.8 Å². The predicted octanol–water partition coefficient (Wildman–Crippen LogP) is 7.45. The molecule has 2 aromatic rings. The van der Waals surface area contributed by atoms with Crippen LogP contribution in [0.25, 0.3) is 0 Å². The van der Waals surface area contributed by atoms with E-state index in [1.165, 1.54) is 101 Å². The Kier molecular flexibility index (Phi) is 17.2. The number of aromatic nitrogens is 2. The van der Waals surface area contributed by atoms with Gasteiger partial charge in [-0.2, -0.15) is 0 Å². The van der Waals surface area contributed by atoms with Crippen molar-refractivity contribution in [3.63, 3.8) is 0 Å². The lowest BCUT2D eigenvalue weighted by Gasteiger charge is -2.31. The van der Waals surface area contributed by atoms with Crippen LogP contribution in [0, 0.1) is 20.8 Å². The summed E-state index contributed by atoms with van der Waals surface area (Å²) in [6, 6.07) is 3.59. The van der Waals surface area contributed by atoms with Gasteiger partial charge in [0.2, 0.25) is 0 Å². The van der Waals surface area contributed by atoms with Gasteiger partial charge in [0.1, 0.15) is 18.5 Å². The van der Waals surface area contributed by atoms with Gasteiger partial charge in [0.05, 0.1) is 12.2 Å². The second kappa shape index (κ2) is 21.1. The highest BCUT2D eigenvalue weighted by Crippen LogP contribution is 2.25. The largest absolute Gasteiger partial charge is 0.493 e. The fourth-order valence-electron chi connectivity index (χ4n) is 5.93. The third kappa shape index (κ3) is 13.1. The minimum atomic E-state index is -0.619. The lowest BCUT2D eigenvalue weighted by Crippen LogP contribution is -2.48. The van der Waals surface area contributed by atoms with E-state index >= 15 is 0 Å². The summed E-state index contributed by atoms with van der Waals surface area (Å²) in [6.45, 7) is 9.41. The molecular formula is C37H59N3O6. The van der Waals surface area contributed by atoms with Crippen LogP contribution in [0.2, 0.25) is 0 Å². The number of nitrogens with one attached hydrogen (secondary N) is 2. The fraction of sp³-hybridized carbons (Fsp3) is 0.703. The van der Waals surface area contributed by atoms with Crippen molar-refractivity contribution in [1.29, 1.82) is 0 Å². The van der Waals surface area contributed by atoms with E-state index in [1.54, 1.807) is 13.0 Å². The van der Waals surface area contributed by atoms with Crippen molar-refractivity contribution in [3.05, 3.63) is 61.4 Å². The van der Waals surface area contributed by atoms with Crippen LogP contribution in [-0.4, -0.2) is 47.9 Å². The Bertz CT molecular complexity index is 1300. The van der Waals surface area contributed by atoms with Crippen molar-refractivity contribution in [2.75, 3.05) is 26.3 Å². The number of aryl methyl sites for hydroxylation is 2. The highest BCUT2D eigenvalue weighted by molar-refractivity contribution is 5.90. The molecule has 1 aromatic carbocycles. The minimum absolute atomic E-state index is 0.0295. The van der Waals surface area contributed by atoms with Crippen LogP contribution in [0.3, 0.4) is 0 Å². The van der Waals surface area contributed by atoms with Gasteiger partial charge in [-0.15, -0.1) is 0 Å². The summed E-state index contributed by atoms with van der Waals surface area (Å²) < 4.78 is 19.1. The molecule has 258 valence electrons. The number of rotatable bonds is 22. The zero-order chi connectivity index (χ0) is 33.1. The number of carbonyl (C=O) groups excluding carboxylic acids is 1. The third-order valence-electron chi connectivity index (χ3n) is 9.01. The zero-order valence-electron chi connectivity index (χ0n) is 28.9. The number of hydrogen-bond acceptors (Lipinski definition) is 7. The summed E-state index contributed by atoms with van der Waals surface area (Å²) in [5.74, 6) is 0.273. The number of morpholine rings is 1. The fourth-order valence-corrected chi connectivity index (χ4v) is 5.93. The van der Waals surface area contributed by atoms with Crippen LogP contribution < -0.4 is 21.3 Å². The highest BCUT2D eigenvalue weighted by atomic mass is 16.6. The molecule has 1 aromatic heterocycles. The summed E-state index contributed by atoms with van der Waals surface area (Å²) in [5, 5.41) is 3.21. The molecule has 0 saturated carbocycles. The molecule has 0 bridgehead atoms. The van der Waals surface area contributed by atoms with Gasteiger partial charge in [-0.25, -0.2) is 9.59 Å². The molecule has 46 heavy (non-hydrogen) atoms. The van der Waals surface area contributed by atoms with Gasteiger partial charge in [0.25, 0.3) is 5.56 Å². The van der Waals surface area contributed by atoms with Gasteiger partial charge in [-0.05, 0) is 50.5 Å². The minimum Gasteiger partial charge on any atom is -0.493 e. The second-order valence-corrected chi connectivity index (χ2v) is 13.0. The van der Waals surface area contributed by atoms with Crippen LogP contribution >= 0.6 is 0 Å². The second-order valence-electron chi connectivity index (χ2n) is 13.0. The number of unbranched alkanes of at least 4 members (excludes halogenated alkanes) is 15. The molecule has 0 radical (unpaired) electrons. The lowest BCUT2D eigenvalue weighted by molar-refractivity contribution is -0.0996. The molecule has 9 heteroatoms. The third-order valence-corrected chi connectivity index (χ3v) is 9.01. The Morgan fingerprint density at radius 2 is 1.41 bits per heavy atom. The average molecular weight is 642 g/mol. The molecule has 1 aliphatic rings. The van der Waals surface area contributed by atoms with Crippen molar-refractivity contribution in [2.45, 2.75) is 143 Å². The van der Waals surface area contributed by atoms with E-state index in [-0.39, 0.29) is 6.61 Å². The summed E-state index contributed by atoms with van der Waals surface area (Å²) in [4.78, 5) is 39.3. The van der Waals surface area contributed by atoms with E-state index in [9.17, 15) is 14.4 Å². The molecule has 3 rings (SSSR count). The van der Waals surface area contributed by atoms with Crippen molar-refractivity contribution in [1.82, 2.24) is 14.9 Å². The molecule has 2 heterocycles. The highest BCUT2D eigenvalue weighted by Gasteiger charge is 2.26. The number of nitrogens with zero attached hydrogens (tertiary/aromatic N) is 1. The Morgan fingerprint density at radius 3 is 2.02 bits per heavy atom.